The van der Waals surface area contributed by atoms with E-state index < -0.39 is 0 Å². The molecule has 0 atom stereocenters. The first kappa shape index (κ1) is 10.7. The molecule has 0 N–H and O–H groups in total. The van der Waals surface area contributed by atoms with Crippen LogP contribution >= 0.6 is 11.6 Å². The SMILES string of the molecule is Cc1cc(C#N)n(Cc2ccccc2Cl)n1. The molecule has 0 unspecified atom stereocenters. The molecule has 2 rings (SSSR count). The Bertz CT molecular complexity index is 552. The third-order valence-electron chi connectivity index (χ3n) is 2.29. The Morgan fingerprint density at radius 3 is 2.88 bits per heavy atom. The van der Waals surface area contributed by atoms with Crippen molar-refractivity contribution in [3.05, 3.63) is 52.3 Å². The molecule has 1 aromatic carbocycles. The van der Waals surface area contributed by atoms with Gasteiger partial charge in [-0.2, -0.15) is 10.4 Å². The Balaban J connectivity index is 2.35. The monoisotopic (exact) mass is 231 g/mol. The second-order valence-corrected chi connectivity index (χ2v) is 3.94. The lowest BCUT2D eigenvalue weighted by molar-refractivity contribution is 0.671. The lowest BCUT2D eigenvalue weighted by Gasteiger charge is -2.05. The summed E-state index contributed by atoms with van der Waals surface area (Å²) in [5, 5.41) is 13.9. The number of hydrogen-bond donors (Lipinski definition) is 0. The zero-order chi connectivity index (χ0) is 11.5. The number of nitriles is 1. The normalized spacial score (nSPS) is 10.1. The third kappa shape index (κ3) is 2.07. The van der Waals surface area contributed by atoms with Gasteiger partial charge in [0.25, 0.3) is 0 Å². The van der Waals surface area contributed by atoms with Gasteiger partial charge in [-0.1, -0.05) is 29.8 Å². The molecule has 2 aromatic rings. The van der Waals surface area contributed by atoms with E-state index in [4.69, 9.17) is 16.9 Å². The zero-order valence-corrected chi connectivity index (χ0v) is 9.57. The third-order valence-corrected chi connectivity index (χ3v) is 2.66. The number of benzene rings is 1. The first-order valence-corrected chi connectivity index (χ1v) is 5.26. The summed E-state index contributed by atoms with van der Waals surface area (Å²) in [6.45, 7) is 2.39. The van der Waals surface area contributed by atoms with E-state index in [1.807, 2.05) is 31.2 Å². The first-order valence-electron chi connectivity index (χ1n) is 4.88. The highest BCUT2D eigenvalue weighted by molar-refractivity contribution is 6.31. The van der Waals surface area contributed by atoms with Gasteiger partial charge in [0.1, 0.15) is 11.8 Å². The van der Waals surface area contributed by atoms with Crippen LogP contribution in [0.15, 0.2) is 30.3 Å². The van der Waals surface area contributed by atoms with Gasteiger partial charge in [0.05, 0.1) is 12.2 Å². The van der Waals surface area contributed by atoms with Crippen LogP contribution in [0.5, 0.6) is 0 Å². The molecule has 0 saturated heterocycles. The molecular weight excluding hydrogens is 222 g/mol. The second-order valence-electron chi connectivity index (χ2n) is 3.53. The number of hydrogen-bond acceptors (Lipinski definition) is 2. The van der Waals surface area contributed by atoms with Crippen molar-refractivity contribution in [1.29, 1.82) is 5.26 Å². The average Bonchev–Trinajstić information content (AvgIpc) is 2.62. The fourth-order valence-electron chi connectivity index (χ4n) is 1.54. The molecule has 0 aliphatic heterocycles. The van der Waals surface area contributed by atoms with Crippen LogP contribution in [0.4, 0.5) is 0 Å². The smallest absolute Gasteiger partial charge is 0.139 e. The summed E-state index contributed by atoms with van der Waals surface area (Å²) < 4.78 is 1.66. The van der Waals surface area contributed by atoms with Gasteiger partial charge in [0.2, 0.25) is 0 Å². The molecule has 0 spiro atoms. The fourth-order valence-corrected chi connectivity index (χ4v) is 1.74. The van der Waals surface area contributed by atoms with E-state index in [2.05, 4.69) is 11.2 Å². The second kappa shape index (κ2) is 4.38. The highest BCUT2D eigenvalue weighted by atomic mass is 35.5. The Morgan fingerprint density at radius 2 is 2.19 bits per heavy atom. The minimum atomic E-state index is 0.524. The molecule has 16 heavy (non-hydrogen) atoms. The summed E-state index contributed by atoms with van der Waals surface area (Å²) in [5.74, 6) is 0. The lowest BCUT2D eigenvalue weighted by atomic mass is 10.2. The van der Waals surface area contributed by atoms with Crippen LogP contribution in [-0.4, -0.2) is 9.78 Å². The minimum absolute atomic E-state index is 0.524. The molecule has 0 amide bonds. The molecule has 0 radical (unpaired) electrons. The molecule has 1 aromatic heterocycles. The van der Waals surface area contributed by atoms with Gasteiger partial charge in [0, 0.05) is 5.02 Å². The molecule has 0 fully saturated rings. The Morgan fingerprint density at radius 1 is 1.44 bits per heavy atom. The van der Waals surface area contributed by atoms with E-state index in [1.54, 1.807) is 10.7 Å². The standard InChI is InChI=1S/C12H10ClN3/c1-9-6-11(7-14)16(15-9)8-10-4-2-3-5-12(10)13/h2-6H,8H2,1H3. The van der Waals surface area contributed by atoms with Crippen LogP contribution in [0.2, 0.25) is 5.02 Å². The molecule has 0 aliphatic rings. The highest BCUT2D eigenvalue weighted by Gasteiger charge is 2.06. The maximum Gasteiger partial charge on any atom is 0.139 e. The Hall–Kier alpha value is -1.79. The fraction of sp³-hybridized carbons (Fsp3) is 0.167. The first-order chi connectivity index (χ1) is 7.70. The predicted octanol–water partition coefficient (Wildman–Crippen LogP) is 2.76. The zero-order valence-electron chi connectivity index (χ0n) is 8.81. The minimum Gasteiger partial charge on any atom is -0.250 e. The summed E-state index contributed by atoms with van der Waals surface area (Å²) in [6, 6.07) is 11.4. The van der Waals surface area contributed by atoms with Crippen molar-refractivity contribution in [2.75, 3.05) is 0 Å². The summed E-state index contributed by atoms with van der Waals surface area (Å²) in [4.78, 5) is 0. The molecule has 0 aliphatic carbocycles. The van der Waals surface area contributed by atoms with Gasteiger partial charge >= 0.3 is 0 Å². The topological polar surface area (TPSA) is 41.6 Å². The quantitative estimate of drug-likeness (QED) is 0.798. The highest BCUT2D eigenvalue weighted by Crippen LogP contribution is 2.16. The van der Waals surface area contributed by atoms with E-state index in [0.717, 1.165) is 11.3 Å². The molecule has 0 saturated carbocycles. The van der Waals surface area contributed by atoms with Gasteiger partial charge in [-0.25, -0.2) is 0 Å². The van der Waals surface area contributed by atoms with Crippen LogP contribution in [0, 0.1) is 18.3 Å². The van der Waals surface area contributed by atoms with E-state index >= 15 is 0 Å². The van der Waals surface area contributed by atoms with E-state index in [0.29, 0.717) is 17.3 Å². The summed E-state index contributed by atoms with van der Waals surface area (Å²) in [6.07, 6.45) is 0. The molecule has 3 nitrogen and oxygen atoms in total. The maximum atomic E-state index is 8.94. The van der Waals surface area contributed by atoms with E-state index in [1.165, 1.54) is 0 Å². The largest absolute Gasteiger partial charge is 0.250 e. The Kier molecular flexibility index (Phi) is 2.93. The molecule has 0 bridgehead atoms. The van der Waals surface area contributed by atoms with Gasteiger partial charge in [0.15, 0.2) is 0 Å². The Labute approximate surface area is 98.9 Å². The van der Waals surface area contributed by atoms with Gasteiger partial charge in [-0.15, -0.1) is 0 Å². The van der Waals surface area contributed by atoms with Crippen LogP contribution in [0.3, 0.4) is 0 Å². The van der Waals surface area contributed by atoms with Gasteiger partial charge in [-0.3, -0.25) is 4.68 Å². The number of aromatic nitrogens is 2. The van der Waals surface area contributed by atoms with Crippen LogP contribution in [0.25, 0.3) is 0 Å². The average molecular weight is 232 g/mol. The van der Waals surface area contributed by atoms with E-state index in [9.17, 15) is 0 Å². The molecule has 80 valence electrons. The summed E-state index contributed by atoms with van der Waals surface area (Å²) in [5.41, 5.74) is 2.35. The lowest BCUT2D eigenvalue weighted by Crippen LogP contribution is -2.04. The van der Waals surface area contributed by atoms with Crippen LogP contribution < -0.4 is 0 Å². The van der Waals surface area contributed by atoms with Crippen molar-refractivity contribution in [1.82, 2.24) is 9.78 Å². The number of aryl methyl sites for hydroxylation is 1. The molecular formula is C12H10ClN3. The van der Waals surface area contributed by atoms with Crippen molar-refractivity contribution in [2.24, 2.45) is 0 Å². The van der Waals surface area contributed by atoms with Crippen molar-refractivity contribution in [3.8, 4) is 6.07 Å². The maximum absolute atomic E-state index is 8.94. The van der Waals surface area contributed by atoms with Crippen molar-refractivity contribution in [2.45, 2.75) is 13.5 Å². The van der Waals surface area contributed by atoms with Crippen LogP contribution in [-0.2, 0) is 6.54 Å². The van der Waals surface area contributed by atoms with Gasteiger partial charge in [-0.05, 0) is 24.6 Å². The van der Waals surface area contributed by atoms with Gasteiger partial charge < -0.3 is 0 Å². The van der Waals surface area contributed by atoms with Crippen molar-refractivity contribution < 1.29 is 0 Å². The molecule has 1 heterocycles. The number of halogens is 1. The van der Waals surface area contributed by atoms with Crippen LogP contribution in [0.1, 0.15) is 17.0 Å². The summed E-state index contributed by atoms with van der Waals surface area (Å²) in [7, 11) is 0. The number of nitrogens with zero attached hydrogens (tertiary/aromatic N) is 3. The molecule has 4 heteroatoms. The van der Waals surface area contributed by atoms with Crippen molar-refractivity contribution in [3.63, 3.8) is 0 Å². The summed E-state index contributed by atoms with van der Waals surface area (Å²) >= 11 is 6.05. The van der Waals surface area contributed by atoms with Crippen molar-refractivity contribution >= 4 is 11.6 Å². The van der Waals surface area contributed by atoms with E-state index in [-0.39, 0.29) is 0 Å². The predicted molar refractivity (Wildman–Crippen MR) is 62.2 cm³/mol. The number of rotatable bonds is 2.